The van der Waals surface area contributed by atoms with Gasteiger partial charge in [0.15, 0.2) is 0 Å². The van der Waals surface area contributed by atoms with Crippen molar-refractivity contribution >= 4 is 34.8 Å². The van der Waals surface area contributed by atoms with Crippen molar-refractivity contribution in [2.24, 2.45) is 5.84 Å². The third-order valence-electron chi connectivity index (χ3n) is 2.86. The van der Waals surface area contributed by atoms with Gasteiger partial charge in [0, 0.05) is 22.2 Å². The second kappa shape index (κ2) is 6.11. The Hall–Kier alpha value is -0.780. The highest BCUT2D eigenvalue weighted by Gasteiger charge is 2.24. The SMILES string of the molecule is CCn1ncc(Cl)c1C(NN)c1c(Cl)cccc1Cl. The topological polar surface area (TPSA) is 55.9 Å². The van der Waals surface area contributed by atoms with E-state index in [0.717, 1.165) is 5.69 Å². The maximum absolute atomic E-state index is 6.22. The molecule has 0 amide bonds. The summed E-state index contributed by atoms with van der Waals surface area (Å²) in [4.78, 5) is 0. The van der Waals surface area contributed by atoms with E-state index < -0.39 is 6.04 Å². The number of rotatable bonds is 4. The summed E-state index contributed by atoms with van der Waals surface area (Å²) < 4.78 is 1.76. The Morgan fingerprint density at radius 2 is 1.89 bits per heavy atom. The zero-order valence-corrected chi connectivity index (χ0v) is 12.5. The summed E-state index contributed by atoms with van der Waals surface area (Å²) in [7, 11) is 0. The Kier molecular flexibility index (Phi) is 4.71. The lowest BCUT2D eigenvalue weighted by Crippen LogP contribution is -2.31. The summed E-state index contributed by atoms with van der Waals surface area (Å²) in [6.45, 7) is 2.64. The Morgan fingerprint density at radius 3 is 2.42 bits per heavy atom. The number of halogens is 3. The maximum atomic E-state index is 6.22. The van der Waals surface area contributed by atoms with Crippen LogP contribution in [0.15, 0.2) is 24.4 Å². The van der Waals surface area contributed by atoms with Crippen molar-refractivity contribution in [1.82, 2.24) is 15.2 Å². The molecule has 0 aliphatic carbocycles. The number of nitrogens with one attached hydrogen (secondary N) is 1. The molecule has 1 unspecified atom stereocenters. The van der Waals surface area contributed by atoms with Crippen molar-refractivity contribution < 1.29 is 0 Å². The average molecular weight is 320 g/mol. The predicted molar refractivity (Wildman–Crippen MR) is 78.5 cm³/mol. The summed E-state index contributed by atoms with van der Waals surface area (Å²) in [5, 5.41) is 5.75. The van der Waals surface area contributed by atoms with E-state index in [2.05, 4.69) is 10.5 Å². The third kappa shape index (κ3) is 2.73. The Bertz CT molecular complexity index is 562. The molecular formula is C12H13Cl3N4. The molecule has 4 nitrogen and oxygen atoms in total. The average Bonchev–Trinajstić information content (AvgIpc) is 2.75. The van der Waals surface area contributed by atoms with Gasteiger partial charge in [-0.25, -0.2) is 5.43 Å². The van der Waals surface area contributed by atoms with Gasteiger partial charge in [-0.05, 0) is 19.1 Å². The molecule has 19 heavy (non-hydrogen) atoms. The van der Waals surface area contributed by atoms with Crippen molar-refractivity contribution in [3.05, 3.63) is 50.7 Å². The first-order valence-corrected chi connectivity index (χ1v) is 6.84. The first-order valence-electron chi connectivity index (χ1n) is 5.71. The number of nitrogens with two attached hydrogens (primary N) is 1. The van der Waals surface area contributed by atoms with Crippen LogP contribution in [-0.2, 0) is 6.54 Å². The van der Waals surface area contributed by atoms with Gasteiger partial charge in [0.1, 0.15) is 0 Å². The molecule has 0 saturated heterocycles. The molecule has 0 aliphatic rings. The highest BCUT2D eigenvalue weighted by atomic mass is 35.5. The highest BCUT2D eigenvalue weighted by Crippen LogP contribution is 2.36. The summed E-state index contributed by atoms with van der Waals surface area (Å²) in [5.74, 6) is 5.66. The van der Waals surface area contributed by atoms with Crippen LogP contribution in [0.5, 0.6) is 0 Å². The molecule has 102 valence electrons. The lowest BCUT2D eigenvalue weighted by atomic mass is 10.0. The van der Waals surface area contributed by atoms with Crippen molar-refractivity contribution in [2.75, 3.05) is 0 Å². The number of benzene rings is 1. The molecule has 0 saturated carbocycles. The number of aromatic nitrogens is 2. The molecule has 2 rings (SSSR count). The Balaban J connectivity index is 2.59. The Labute approximate surface area is 126 Å². The van der Waals surface area contributed by atoms with Crippen molar-refractivity contribution in [3.8, 4) is 0 Å². The molecule has 1 aromatic heterocycles. The molecule has 0 aliphatic heterocycles. The number of hydrogen-bond donors (Lipinski definition) is 2. The molecule has 0 fully saturated rings. The van der Waals surface area contributed by atoms with Crippen LogP contribution in [0.4, 0.5) is 0 Å². The highest BCUT2D eigenvalue weighted by molar-refractivity contribution is 6.36. The van der Waals surface area contributed by atoms with Gasteiger partial charge in [-0.3, -0.25) is 10.5 Å². The largest absolute Gasteiger partial charge is 0.271 e. The third-order valence-corrected chi connectivity index (χ3v) is 3.81. The van der Waals surface area contributed by atoms with E-state index in [0.29, 0.717) is 27.2 Å². The van der Waals surface area contributed by atoms with Gasteiger partial charge in [0.05, 0.1) is 23.0 Å². The van der Waals surface area contributed by atoms with Crippen molar-refractivity contribution in [1.29, 1.82) is 0 Å². The van der Waals surface area contributed by atoms with E-state index in [9.17, 15) is 0 Å². The van der Waals surface area contributed by atoms with Gasteiger partial charge in [0.2, 0.25) is 0 Å². The van der Waals surface area contributed by atoms with Crippen LogP contribution in [0.1, 0.15) is 24.2 Å². The lowest BCUT2D eigenvalue weighted by molar-refractivity contribution is 0.544. The first kappa shape index (κ1) is 14.6. The summed E-state index contributed by atoms with van der Waals surface area (Å²) in [6.07, 6.45) is 1.58. The summed E-state index contributed by atoms with van der Waals surface area (Å²) >= 11 is 18.6. The quantitative estimate of drug-likeness (QED) is 0.670. The molecule has 7 heteroatoms. The van der Waals surface area contributed by atoms with Gasteiger partial charge in [-0.1, -0.05) is 40.9 Å². The standard InChI is InChI=1S/C12H13Cl3N4/c1-2-19-12(9(15)6-17-19)11(18-16)10-7(13)4-3-5-8(10)14/h3-6,11,18H,2,16H2,1H3. The van der Waals surface area contributed by atoms with Crippen LogP contribution in [0.3, 0.4) is 0 Å². The van der Waals surface area contributed by atoms with Crippen LogP contribution < -0.4 is 11.3 Å². The van der Waals surface area contributed by atoms with Crippen LogP contribution in [-0.4, -0.2) is 9.78 Å². The molecule has 1 aromatic carbocycles. The maximum Gasteiger partial charge on any atom is 0.0922 e. The monoisotopic (exact) mass is 318 g/mol. The smallest absolute Gasteiger partial charge is 0.0922 e. The van der Waals surface area contributed by atoms with E-state index in [1.54, 1.807) is 29.1 Å². The van der Waals surface area contributed by atoms with E-state index in [1.165, 1.54) is 0 Å². The Morgan fingerprint density at radius 1 is 1.26 bits per heavy atom. The van der Waals surface area contributed by atoms with Crippen LogP contribution in [0, 0.1) is 0 Å². The van der Waals surface area contributed by atoms with Gasteiger partial charge in [0.25, 0.3) is 0 Å². The van der Waals surface area contributed by atoms with Gasteiger partial charge < -0.3 is 0 Å². The molecule has 0 bridgehead atoms. The van der Waals surface area contributed by atoms with E-state index >= 15 is 0 Å². The van der Waals surface area contributed by atoms with Crippen LogP contribution in [0.25, 0.3) is 0 Å². The minimum atomic E-state index is -0.420. The fourth-order valence-electron chi connectivity index (χ4n) is 2.00. The summed E-state index contributed by atoms with van der Waals surface area (Å²) in [5.41, 5.74) is 4.13. The number of aryl methyl sites for hydroxylation is 1. The summed E-state index contributed by atoms with van der Waals surface area (Å²) in [6, 6.07) is 4.87. The molecule has 0 radical (unpaired) electrons. The molecule has 1 atom stereocenters. The van der Waals surface area contributed by atoms with E-state index in [4.69, 9.17) is 40.6 Å². The van der Waals surface area contributed by atoms with E-state index in [-0.39, 0.29) is 0 Å². The van der Waals surface area contributed by atoms with Gasteiger partial charge >= 0.3 is 0 Å². The van der Waals surface area contributed by atoms with Crippen molar-refractivity contribution in [2.45, 2.75) is 19.5 Å². The van der Waals surface area contributed by atoms with E-state index in [1.807, 2.05) is 6.92 Å². The molecule has 1 heterocycles. The minimum Gasteiger partial charge on any atom is -0.271 e. The first-order chi connectivity index (χ1) is 9.10. The van der Waals surface area contributed by atoms with Crippen LogP contribution in [0.2, 0.25) is 15.1 Å². The number of hydrazine groups is 1. The minimum absolute atomic E-state index is 0.420. The molecule has 0 spiro atoms. The van der Waals surface area contributed by atoms with Gasteiger partial charge in [-0.15, -0.1) is 0 Å². The number of hydrogen-bond acceptors (Lipinski definition) is 3. The second-order valence-electron chi connectivity index (χ2n) is 3.93. The van der Waals surface area contributed by atoms with Gasteiger partial charge in [-0.2, -0.15) is 5.10 Å². The zero-order valence-electron chi connectivity index (χ0n) is 10.2. The number of nitrogens with zero attached hydrogens (tertiary/aromatic N) is 2. The molecular weight excluding hydrogens is 307 g/mol. The van der Waals surface area contributed by atoms with Crippen LogP contribution >= 0.6 is 34.8 Å². The molecule has 3 N–H and O–H groups in total. The normalized spacial score (nSPS) is 12.7. The zero-order chi connectivity index (χ0) is 14.0. The lowest BCUT2D eigenvalue weighted by Gasteiger charge is -2.20. The second-order valence-corrected chi connectivity index (χ2v) is 5.15. The fraction of sp³-hybridized carbons (Fsp3) is 0.250. The molecule has 2 aromatic rings. The predicted octanol–water partition coefficient (Wildman–Crippen LogP) is 3.42. The van der Waals surface area contributed by atoms with Crippen molar-refractivity contribution in [3.63, 3.8) is 0 Å². The fourth-order valence-corrected chi connectivity index (χ4v) is 2.86.